The van der Waals surface area contributed by atoms with Crippen LogP contribution in [-0.2, 0) is 17.7 Å². The van der Waals surface area contributed by atoms with Gasteiger partial charge in [0.1, 0.15) is 11.6 Å². The molecule has 7 heteroatoms. The normalized spacial score (nSPS) is 19.9. The number of rotatable bonds is 3. The summed E-state index contributed by atoms with van der Waals surface area (Å²) in [5.41, 5.74) is 1.74. The molecule has 0 unspecified atom stereocenters. The molecule has 5 nitrogen and oxygen atoms in total. The van der Waals surface area contributed by atoms with Crippen molar-refractivity contribution in [3.63, 3.8) is 0 Å². The van der Waals surface area contributed by atoms with E-state index in [0.717, 1.165) is 11.3 Å². The topological polar surface area (TPSA) is 58.2 Å². The zero-order valence-corrected chi connectivity index (χ0v) is 13.8. The molecule has 0 saturated carbocycles. The molecule has 1 aromatic heterocycles. The molecule has 0 radical (unpaired) electrons. The van der Waals surface area contributed by atoms with Crippen LogP contribution in [0.1, 0.15) is 47.3 Å². The summed E-state index contributed by atoms with van der Waals surface area (Å²) in [6, 6.07) is 3.64. The molecule has 0 fully saturated rings. The number of H-pyrrole nitrogens is 1. The Balaban J connectivity index is 1.85. The molecule has 0 aliphatic carbocycles. The number of fused-ring (bicyclic) bond motifs is 1. The number of aromatic nitrogens is 2. The Morgan fingerprint density at radius 3 is 2.71 bits per heavy atom. The lowest BCUT2D eigenvalue weighted by Gasteiger charge is -2.25. The van der Waals surface area contributed by atoms with Gasteiger partial charge in [-0.2, -0.15) is 5.10 Å². The van der Waals surface area contributed by atoms with Crippen LogP contribution in [0.5, 0.6) is 0 Å². The molecule has 0 saturated heterocycles. The maximum absolute atomic E-state index is 13.8. The van der Waals surface area contributed by atoms with Crippen LogP contribution in [0.2, 0.25) is 0 Å². The first kappa shape index (κ1) is 16.6. The fourth-order valence-electron chi connectivity index (χ4n) is 3.02. The Kier molecular flexibility index (Phi) is 4.36. The molecule has 2 atom stereocenters. The second-order valence-corrected chi connectivity index (χ2v) is 6.12. The molecule has 2 aromatic rings. The highest BCUT2D eigenvalue weighted by Crippen LogP contribution is 2.30. The van der Waals surface area contributed by atoms with Gasteiger partial charge < -0.3 is 9.64 Å². The summed E-state index contributed by atoms with van der Waals surface area (Å²) in [5, 5.41) is 6.95. The zero-order chi connectivity index (χ0) is 17.4. The van der Waals surface area contributed by atoms with Gasteiger partial charge in [0, 0.05) is 24.6 Å². The Bertz CT molecular complexity index is 755. The SMILES string of the molecule is C[C@@H]1Cc2c(C(=O)N(C)Cc3c(F)cccc3F)n[nH]c2[C@H](C)O1. The van der Waals surface area contributed by atoms with Gasteiger partial charge in [-0.3, -0.25) is 9.89 Å². The predicted octanol–water partition coefficient (Wildman–Crippen LogP) is 2.98. The van der Waals surface area contributed by atoms with Crippen LogP contribution in [0.15, 0.2) is 18.2 Å². The Morgan fingerprint density at radius 1 is 1.38 bits per heavy atom. The van der Waals surface area contributed by atoms with Crippen molar-refractivity contribution in [1.29, 1.82) is 0 Å². The van der Waals surface area contributed by atoms with E-state index < -0.39 is 11.6 Å². The minimum absolute atomic E-state index is 0.0223. The summed E-state index contributed by atoms with van der Waals surface area (Å²) >= 11 is 0. The number of nitrogens with zero attached hydrogens (tertiary/aromatic N) is 2. The summed E-state index contributed by atoms with van der Waals surface area (Å²) in [6.07, 6.45) is 0.372. The van der Waals surface area contributed by atoms with Crippen molar-refractivity contribution in [1.82, 2.24) is 15.1 Å². The van der Waals surface area contributed by atoms with Gasteiger partial charge in [0.25, 0.3) is 5.91 Å². The first-order valence-corrected chi connectivity index (χ1v) is 7.79. The molecule has 24 heavy (non-hydrogen) atoms. The second kappa shape index (κ2) is 6.32. The van der Waals surface area contributed by atoms with Crippen molar-refractivity contribution in [2.24, 2.45) is 0 Å². The lowest BCUT2D eigenvalue weighted by atomic mass is 9.99. The fraction of sp³-hybridized carbons (Fsp3) is 0.412. The van der Waals surface area contributed by atoms with Crippen LogP contribution < -0.4 is 0 Å². The summed E-state index contributed by atoms with van der Waals surface area (Å²) in [5.74, 6) is -1.72. The quantitative estimate of drug-likeness (QED) is 0.938. The average molecular weight is 335 g/mol. The third-order valence-corrected chi connectivity index (χ3v) is 4.24. The number of hydrogen-bond donors (Lipinski definition) is 1. The van der Waals surface area contributed by atoms with Crippen LogP contribution in [0.3, 0.4) is 0 Å². The molecule has 0 spiro atoms. The Morgan fingerprint density at radius 2 is 2.04 bits per heavy atom. The fourth-order valence-corrected chi connectivity index (χ4v) is 3.02. The summed E-state index contributed by atoms with van der Waals surface area (Å²) < 4.78 is 33.3. The van der Waals surface area contributed by atoms with E-state index in [1.54, 1.807) is 0 Å². The molecule has 1 aliphatic heterocycles. The van der Waals surface area contributed by atoms with E-state index in [1.807, 2.05) is 13.8 Å². The Labute approximate surface area is 138 Å². The third kappa shape index (κ3) is 2.91. The van der Waals surface area contributed by atoms with Crippen molar-refractivity contribution in [2.45, 2.75) is 39.0 Å². The van der Waals surface area contributed by atoms with Crippen molar-refractivity contribution >= 4 is 5.91 Å². The number of amides is 1. The van der Waals surface area contributed by atoms with E-state index in [-0.39, 0.29) is 35.9 Å². The van der Waals surface area contributed by atoms with Gasteiger partial charge in [0.2, 0.25) is 0 Å². The van der Waals surface area contributed by atoms with E-state index >= 15 is 0 Å². The van der Waals surface area contributed by atoms with Crippen LogP contribution in [0.25, 0.3) is 0 Å². The standard InChI is InChI=1S/C17H19F2N3O2/c1-9-7-11-15(10(2)24-9)20-21-16(11)17(23)22(3)8-12-13(18)5-4-6-14(12)19/h4-6,9-10H,7-8H2,1-3H3,(H,20,21)/t9-,10+/m1/s1. The molecular weight excluding hydrogens is 316 g/mol. The minimum atomic E-state index is -0.672. The van der Waals surface area contributed by atoms with Gasteiger partial charge in [0.05, 0.1) is 24.4 Å². The zero-order valence-electron chi connectivity index (χ0n) is 13.8. The predicted molar refractivity (Wildman–Crippen MR) is 83.4 cm³/mol. The Hall–Kier alpha value is -2.28. The summed E-state index contributed by atoms with van der Waals surface area (Å²) in [7, 11) is 1.50. The highest BCUT2D eigenvalue weighted by Gasteiger charge is 2.31. The van der Waals surface area contributed by atoms with Gasteiger partial charge in [-0.25, -0.2) is 8.78 Å². The lowest BCUT2D eigenvalue weighted by Crippen LogP contribution is -2.30. The molecule has 1 amide bonds. The minimum Gasteiger partial charge on any atom is -0.369 e. The van der Waals surface area contributed by atoms with E-state index in [4.69, 9.17) is 4.74 Å². The average Bonchev–Trinajstić information content (AvgIpc) is 2.94. The van der Waals surface area contributed by atoms with Crippen molar-refractivity contribution in [2.75, 3.05) is 7.05 Å². The number of carbonyl (C=O) groups is 1. The van der Waals surface area contributed by atoms with Crippen molar-refractivity contribution in [3.8, 4) is 0 Å². The number of benzene rings is 1. The molecule has 2 heterocycles. The van der Waals surface area contributed by atoms with E-state index in [9.17, 15) is 13.6 Å². The molecule has 1 aliphatic rings. The molecule has 1 aromatic carbocycles. The number of halogens is 2. The number of aromatic amines is 1. The first-order chi connectivity index (χ1) is 11.4. The second-order valence-electron chi connectivity index (χ2n) is 6.12. The maximum Gasteiger partial charge on any atom is 0.274 e. The van der Waals surface area contributed by atoms with Crippen LogP contribution in [0.4, 0.5) is 8.78 Å². The van der Waals surface area contributed by atoms with Gasteiger partial charge >= 0.3 is 0 Å². The molecule has 128 valence electrons. The van der Waals surface area contributed by atoms with Crippen molar-refractivity contribution in [3.05, 3.63) is 52.3 Å². The first-order valence-electron chi connectivity index (χ1n) is 7.79. The maximum atomic E-state index is 13.8. The van der Waals surface area contributed by atoms with Crippen LogP contribution in [-0.4, -0.2) is 34.2 Å². The number of nitrogens with one attached hydrogen (secondary N) is 1. The van der Waals surface area contributed by atoms with Gasteiger partial charge in [0.15, 0.2) is 5.69 Å². The molecule has 1 N–H and O–H groups in total. The highest BCUT2D eigenvalue weighted by atomic mass is 19.1. The van der Waals surface area contributed by atoms with Crippen molar-refractivity contribution < 1.29 is 18.3 Å². The monoisotopic (exact) mass is 335 g/mol. The highest BCUT2D eigenvalue weighted by molar-refractivity contribution is 5.94. The van der Waals surface area contributed by atoms with E-state index in [2.05, 4.69) is 10.2 Å². The van der Waals surface area contributed by atoms with Crippen LogP contribution >= 0.6 is 0 Å². The number of hydrogen-bond acceptors (Lipinski definition) is 3. The van der Waals surface area contributed by atoms with Crippen LogP contribution in [0, 0.1) is 11.6 Å². The largest absolute Gasteiger partial charge is 0.369 e. The van der Waals surface area contributed by atoms with E-state index in [1.165, 1.54) is 30.1 Å². The lowest BCUT2D eigenvalue weighted by molar-refractivity contribution is -0.00701. The summed E-state index contributed by atoms with van der Waals surface area (Å²) in [6.45, 7) is 3.65. The number of carbonyl (C=O) groups excluding carboxylic acids is 1. The number of ether oxygens (including phenoxy) is 1. The smallest absolute Gasteiger partial charge is 0.274 e. The van der Waals surface area contributed by atoms with Gasteiger partial charge in [-0.15, -0.1) is 0 Å². The van der Waals surface area contributed by atoms with E-state index in [0.29, 0.717) is 6.42 Å². The van der Waals surface area contributed by atoms with Gasteiger partial charge in [-0.1, -0.05) is 6.07 Å². The van der Waals surface area contributed by atoms with Gasteiger partial charge in [-0.05, 0) is 26.0 Å². The molecule has 3 rings (SSSR count). The third-order valence-electron chi connectivity index (χ3n) is 4.24. The summed E-state index contributed by atoms with van der Waals surface area (Å²) in [4.78, 5) is 13.9. The molecule has 0 bridgehead atoms. The molecular formula is C17H19F2N3O2.